The number of carboxylic acids is 1. The highest BCUT2D eigenvalue weighted by atomic mass is 19.1. The maximum atomic E-state index is 14.3. The summed E-state index contributed by atoms with van der Waals surface area (Å²) in [4.78, 5) is 19.1. The number of hydrogen-bond donors (Lipinski definition) is 2. The molecule has 2 aromatic rings. The average molecular weight is 552 g/mol. The number of nitrogens with zero attached hydrogens (tertiary/aromatic N) is 2. The Morgan fingerprint density at radius 1 is 1.23 bits per heavy atom. The third-order valence-corrected chi connectivity index (χ3v) is 9.38. The largest absolute Gasteiger partial charge is 0.480 e. The van der Waals surface area contributed by atoms with Crippen molar-refractivity contribution in [1.29, 1.82) is 0 Å². The predicted molar refractivity (Wildman–Crippen MR) is 151 cm³/mol. The maximum absolute atomic E-state index is 14.3. The lowest BCUT2D eigenvalue weighted by Gasteiger charge is -2.31. The molecule has 4 heterocycles. The molecule has 216 valence electrons. The molecule has 2 saturated heterocycles. The van der Waals surface area contributed by atoms with Crippen LogP contribution in [0.2, 0.25) is 0 Å². The molecule has 7 nitrogen and oxygen atoms in total. The number of aliphatic carboxylic acids is 1. The summed E-state index contributed by atoms with van der Waals surface area (Å²) in [5.41, 5.74) is 4.50. The average Bonchev–Trinajstić information content (AvgIpc) is 3.55. The number of aryl methyl sites for hydroxylation is 2. The molecule has 6 rings (SSSR count). The number of fused-ring (bicyclic) bond motifs is 1. The van der Waals surface area contributed by atoms with E-state index in [1.807, 2.05) is 4.90 Å². The van der Waals surface area contributed by atoms with Crippen LogP contribution in [0.25, 0.3) is 0 Å². The summed E-state index contributed by atoms with van der Waals surface area (Å²) in [7, 11) is 0. The van der Waals surface area contributed by atoms with Gasteiger partial charge in [0, 0.05) is 31.9 Å². The van der Waals surface area contributed by atoms with Crippen LogP contribution in [0.15, 0.2) is 30.3 Å². The molecule has 1 aliphatic carbocycles. The summed E-state index contributed by atoms with van der Waals surface area (Å²) >= 11 is 0. The third-order valence-electron chi connectivity index (χ3n) is 9.38. The summed E-state index contributed by atoms with van der Waals surface area (Å²) in [6.07, 6.45) is 10.7. The van der Waals surface area contributed by atoms with Gasteiger partial charge >= 0.3 is 5.97 Å². The van der Waals surface area contributed by atoms with E-state index in [0.717, 1.165) is 80.7 Å². The Morgan fingerprint density at radius 2 is 2.12 bits per heavy atom. The summed E-state index contributed by atoms with van der Waals surface area (Å²) in [5.74, 6) is -0.159. The highest BCUT2D eigenvalue weighted by molar-refractivity contribution is 5.74. The van der Waals surface area contributed by atoms with Gasteiger partial charge in [0.25, 0.3) is 0 Å². The maximum Gasteiger partial charge on any atom is 0.321 e. The normalized spacial score (nSPS) is 24.4. The van der Waals surface area contributed by atoms with Gasteiger partial charge in [-0.1, -0.05) is 12.1 Å². The Bertz CT molecular complexity index is 1190. The van der Waals surface area contributed by atoms with Crippen LogP contribution < -0.4 is 5.32 Å². The molecule has 0 unspecified atom stereocenters. The van der Waals surface area contributed by atoms with Crippen LogP contribution in [0, 0.1) is 11.2 Å². The number of benzene rings is 1. The van der Waals surface area contributed by atoms with Crippen molar-refractivity contribution in [1.82, 2.24) is 9.88 Å². The number of hydrogen-bond acceptors (Lipinski definition) is 6. The van der Waals surface area contributed by atoms with Gasteiger partial charge in [-0.05, 0) is 111 Å². The lowest BCUT2D eigenvalue weighted by Crippen LogP contribution is -2.42. The number of anilines is 1. The van der Waals surface area contributed by atoms with Crippen molar-refractivity contribution in [2.45, 2.75) is 88.9 Å². The smallest absolute Gasteiger partial charge is 0.321 e. The lowest BCUT2D eigenvalue weighted by molar-refractivity contribution is -0.143. The molecule has 40 heavy (non-hydrogen) atoms. The van der Waals surface area contributed by atoms with E-state index in [1.54, 1.807) is 6.07 Å². The summed E-state index contributed by atoms with van der Waals surface area (Å²) in [6, 6.07) is 8.40. The quantitative estimate of drug-likeness (QED) is 0.366. The molecule has 1 spiro atoms. The van der Waals surface area contributed by atoms with Gasteiger partial charge in [-0.15, -0.1) is 0 Å². The monoisotopic (exact) mass is 551 g/mol. The Labute approximate surface area is 236 Å². The van der Waals surface area contributed by atoms with E-state index < -0.39 is 12.0 Å². The number of carboxylic acid groups (broad SMARTS) is 1. The SMILES string of the molecule is O=C(O)[C@H](Cc1cc(F)ccc1[C@@H]1CCC2(CC2)CO1)N1CC[C@@H](OCCCCc2ccc3c(n2)NCCC3)C1. The number of unbranched alkanes of at least 4 members (excludes halogenated alkanes) is 1. The van der Waals surface area contributed by atoms with Gasteiger partial charge in [0.1, 0.15) is 17.7 Å². The number of halogens is 1. The van der Waals surface area contributed by atoms with Crippen LogP contribution in [-0.2, 0) is 33.5 Å². The van der Waals surface area contributed by atoms with Crippen molar-refractivity contribution >= 4 is 11.8 Å². The standard InChI is InChI=1S/C32H42FN3O4/c33-24-7-9-27(29-10-12-32(13-14-32)21-40-29)23(18-24)19-28(31(37)38)36-16-11-26(20-36)39-17-2-1-5-25-8-6-22-4-3-15-34-30(22)35-25/h6-9,18,26,28-29H,1-5,10-17,19-21H2,(H,34,35)(H,37,38)/t26-,28+,29+/m1/s1. The molecular formula is C32H42FN3O4. The van der Waals surface area contributed by atoms with Gasteiger partial charge in [-0.25, -0.2) is 9.37 Å². The van der Waals surface area contributed by atoms with Crippen molar-refractivity contribution < 1.29 is 23.8 Å². The first-order valence-corrected chi connectivity index (χ1v) is 15.2. The fourth-order valence-corrected chi connectivity index (χ4v) is 6.67. The van der Waals surface area contributed by atoms with E-state index >= 15 is 0 Å². The number of ether oxygens (including phenoxy) is 2. The van der Waals surface area contributed by atoms with Crippen molar-refractivity contribution in [2.24, 2.45) is 5.41 Å². The molecule has 3 aliphatic heterocycles. The predicted octanol–water partition coefficient (Wildman–Crippen LogP) is 5.32. The summed E-state index contributed by atoms with van der Waals surface area (Å²) in [5, 5.41) is 13.5. The van der Waals surface area contributed by atoms with Crippen LogP contribution >= 0.6 is 0 Å². The minimum Gasteiger partial charge on any atom is -0.480 e. The Morgan fingerprint density at radius 3 is 2.92 bits per heavy atom. The number of rotatable bonds is 11. The van der Waals surface area contributed by atoms with Crippen molar-refractivity contribution in [3.63, 3.8) is 0 Å². The number of pyridine rings is 1. The fourth-order valence-electron chi connectivity index (χ4n) is 6.67. The van der Waals surface area contributed by atoms with Gasteiger partial charge in [-0.3, -0.25) is 9.69 Å². The van der Waals surface area contributed by atoms with Crippen molar-refractivity contribution in [3.05, 3.63) is 58.5 Å². The number of aromatic nitrogens is 1. The zero-order chi connectivity index (χ0) is 27.5. The summed E-state index contributed by atoms with van der Waals surface area (Å²) in [6.45, 7) is 3.66. The number of nitrogens with one attached hydrogen (secondary N) is 1. The number of carbonyl (C=O) groups is 1. The molecule has 1 aromatic heterocycles. The van der Waals surface area contributed by atoms with E-state index in [4.69, 9.17) is 14.5 Å². The minimum atomic E-state index is -0.871. The highest BCUT2D eigenvalue weighted by Crippen LogP contribution is 2.54. The van der Waals surface area contributed by atoms with Crippen molar-refractivity contribution in [2.75, 3.05) is 38.2 Å². The second-order valence-corrected chi connectivity index (χ2v) is 12.3. The second-order valence-electron chi connectivity index (χ2n) is 12.3. The van der Waals surface area contributed by atoms with E-state index in [1.165, 1.54) is 37.0 Å². The molecular weight excluding hydrogens is 509 g/mol. The summed E-state index contributed by atoms with van der Waals surface area (Å²) < 4.78 is 26.7. The van der Waals surface area contributed by atoms with E-state index in [9.17, 15) is 14.3 Å². The van der Waals surface area contributed by atoms with Gasteiger partial charge in [0.2, 0.25) is 0 Å². The third kappa shape index (κ3) is 6.50. The molecule has 4 aliphatic rings. The van der Waals surface area contributed by atoms with E-state index in [2.05, 4.69) is 17.4 Å². The lowest BCUT2D eigenvalue weighted by atomic mass is 9.89. The second kappa shape index (κ2) is 12.1. The molecule has 0 bridgehead atoms. The molecule has 3 fully saturated rings. The van der Waals surface area contributed by atoms with Crippen LogP contribution in [-0.4, -0.2) is 66.0 Å². The first kappa shape index (κ1) is 27.6. The molecule has 8 heteroatoms. The Balaban J connectivity index is 0.985. The Hall–Kier alpha value is -2.55. The van der Waals surface area contributed by atoms with Gasteiger partial charge < -0.3 is 19.9 Å². The topological polar surface area (TPSA) is 83.9 Å². The molecule has 0 radical (unpaired) electrons. The fraction of sp³-hybridized carbons (Fsp3) is 0.625. The number of likely N-dealkylation sites (tertiary alicyclic amines) is 1. The molecule has 0 amide bonds. The first-order valence-electron chi connectivity index (χ1n) is 15.2. The molecule has 1 aromatic carbocycles. The van der Waals surface area contributed by atoms with Gasteiger partial charge in [0.05, 0.1) is 18.8 Å². The minimum absolute atomic E-state index is 0.0244. The highest BCUT2D eigenvalue weighted by Gasteiger charge is 2.46. The van der Waals surface area contributed by atoms with Crippen LogP contribution in [0.1, 0.15) is 79.9 Å². The van der Waals surface area contributed by atoms with Crippen molar-refractivity contribution in [3.8, 4) is 0 Å². The molecule has 3 atom stereocenters. The van der Waals surface area contributed by atoms with E-state index in [0.29, 0.717) is 25.1 Å². The zero-order valence-corrected chi connectivity index (χ0v) is 23.4. The van der Waals surface area contributed by atoms with Gasteiger partial charge in [-0.2, -0.15) is 0 Å². The zero-order valence-electron chi connectivity index (χ0n) is 23.4. The first-order chi connectivity index (χ1) is 19.5. The van der Waals surface area contributed by atoms with E-state index in [-0.39, 0.29) is 24.4 Å². The van der Waals surface area contributed by atoms with Crippen LogP contribution in [0.5, 0.6) is 0 Å². The molecule has 2 N–H and O–H groups in total. The Kier molecular flexibility index (Phi) is 8.37. The van der Waals surface area contributed by atoms with Gasteiger partial charge in [0.15, 0.2) is 0 Å². The van der Waals surface area contributed by atoms with Crippen LogP contribution in [0.3, 0.4) is 0 Å². The molecule has 1 saturated carbocycles. The van der Waals surface area contributed by atoms with Crippen LogP contribution in [0.4, 0.5) is 10.2 Å².